The monoisotopic (exact) mass is 260 g/mol. The lowest BCUT2D eigenvalue weighted by molar-refractivity contribution is -0.170. The summed E-state index contributed by atoms with van der Waals surface area (Å²) >= 11 is 0. The molecular weight excluding hydrogens is 240 g/mol. The van der Waals surface area contributed by atoms with E-state index in [9.17, 15) is 14.4 Å². The van der Waals surface area contributed by atoms with E-state index in [2.05, 4.69) is 0 Å². The second-order valence-corrected chi connectivity index (χ2v) is 4.17. The maximum atomic E-state index is 11.0. The van der Waals surface area contributed by atoms with Crippen LogP contribution in [0, 0.1) is 5.92 Å². The van der Waals surface area contributed by atoms with Crippen molar-refractivity contribution in [2.45, 2.75) is 46.8 Å². The molecule has 18 heavy (non-hydrogen) atoms. The molecule has 0 heterocycles. The van der Waals surface area contributed by atoms with E-state index in [4.69, 9.17) is 14.2 Å². The van der Waals surface area contributed by atoms with Crippen LogP contribution in [-0.4, -0.2) is 36.7 Å². The highest BCUT2D eigenvalue weighted by Gasteiger charge is 2.29. The molecule has 0 aliphatic rings. The molecule has 104 valence electrons. The van der Waals surface area contributed by atoms with Crippen LogP contribution in [0.3, 0.4) is 0 Å². The summed E-state index contributed by atoms with van der Waals surface area (Å²) < 4.78 is 14.9. The molecule has 0 bridgehead atoms. The Hall–Kier alpha value is -1.59. The summed E-state index contributed by atoms with van der Waals surface area (Å²) in [6, 6.07) is 0. The summed E-state index contributed by atoms with van der Waals surface area (Å²) in [4.78, 5) is 32.6. The van der Waals surface area contributed by atoms with Gasteiger partial charge in [0.2, 0.25) is 0 Å². The Labute approximate surface area is 107 Å². The third-order valence-corrected chi connectivity index (χ3v) is 2.23. The molecule has 6 nitrogen and oxygen atoms in total. The highest BCUT2D eigenvalue weighted by Crippen LogP contribution is 2.16. The zero-order chi connectivity index (χ0) is 14.3. The summed E-state index contributed by atoms with van der Waals surface area (Å²) in [5.41, 5.74) is 0. The van der Waals surface area contributed by atoms with Crippen molar-refractivity contribution in [2.24, 2.45) is 5.92 Å². The van der Waals surface area contributed by atoms with E-state index in [1.165, 1.54) is 20.8 Å². The smallest absolute Gasteiger partial charge is 0.303 e. The highest BCUT2D eigenvalue weighted by molar-refractivity contribution is 5.67. The molecule has 0 aliphatic heterocycles. The minimum absolute atomic E-state index is 0.0961. The van der Waals surface area contributed by atoms with E-state index in [0.717, 1.165) is 0 Å². The lowest BCUT2D eigenvalue weighted by Gasteiger charge is -2.28. The second kappa shape index (κ2) is 7.68. The molecule has 0 aromatic carbocycles. The number of carbonyl (C=O) groups is 3. The van der Waals surface area contributed by atoms with Gasteiger partial charge in [-0.05, 0) is 6.92 Å². The van der Waals surface area contributed by atoms with Gasteiger partial charge < -0.3 is 14.2 Å². The van der Waals surface area contributed by atoms with Gasteiger partial charge in [-0.1, -0.05) is 6.92 Å². The topological polar surface area (TPSA) is 78.9 Å². The van der Waals surface area contributed by atoms with E-state index >= 15 is 0 Å². The number of rotatable bonds is 6. The van der Waals surface area contributed by atoms with Gasteiger partial charge in [0.15, 0.2) is 0 Å². The molecule has 0 amide bonds. The Kier molecular flexibility index (Phi) is 7.00. The summed E-state index contributed by atoms with van der Waals surface area (Å²) in [6.07, 6.45) is -1.25. The number of ether oxygens (including phenoxy) is 3. The first-order chi connectivity index (χ1) is 8.23. The van der Waals surface area contributed by atoms with Crippen molar-refractivity contribution in [3.8, 4) is 0 Å². The molecule has 0 saturated heterocycles. The second-order valence-electron chi connectivity index (χ2n) is 4.17. The quantitative estimate of drug-likeness (QED) is 0.525. The Morgan fingerprint density at radius 1 is 0.889 bits per heavy atom. The fraction of sp³-hybridized carbons (Fsp3) is 0.750. The van der Waals surface area contributed by atoms with Gasteiger partial charge in [-0.3, -0.25) is 14.4 Å². The molecule has 0 radical (unpaired) electrons. The first kappa shape index (κ1) is 16.4. The zero-order valence-electron chi connectivity index (χ0n) is 11.4. The Morgan fingerprint density at radius 2 is 1.39 bits per heavy atom. The molecule has 0 unspecified atom stereocenters. The van der Waals surface area contributed by atoms with E-state index in [1.54, 1.807) is 13.8 Å². The zero-order valence-corrected chi connectivity index (χ0v) is 11.4. The molecular formula is C12H20O6. The van der Waals surface area contributed by atoms with E-state index in [1.807, 2.05) is 0 Å². The van der Waals surface area contributed by atoms with Crippen molar-refractivity contribution >= 4 is 17.9 Å². The molecule has 0 aliphatic carbocycles. The fourth-order valence-corrected chi connectivity index (χ4v) is 1.54. The van der Waals surface area contributed by atoms with Crippen LogP contribution in [0.25, 0.3) is 0 Å². The van der Waals surface area contributed by atoms with Crippen molar-refractivity contribution in [2.75, 3.05) is 6.61 Å². The Morgan fingerprint density at radius 3 is 1.78 bits per heavy atom. The highest BCUT2D eigenvalue weighted by atomic mass is 16.6. The largest absolute Gasteiger partial charge is 0.465 e. The lowest BCUT2D eigenvalue weighted by atomic mass is 10.0. The van der Waals surface area contributed by atoms with Crippen LogP contribution in [0.1, 0.15) is 34.6 Å². The number of hydrogen-bond acceptors (Lipinski definition) is 6. The molecule has 0 N–H and O–H groups in total. The summed E-state index contributed by atoms with van der Waals surface area (Å²) in [7, 11) is 0. The normalized spacial score (nSPS) is 15.2. The van der Waals surface area contributed by atoms with Gasteiger partial charge in [-0.2, -0.15) is 0 Å². The van der Waals surface area contributed by atoms with Crippen molar-refractivity contribution in [1.82, 2.24) is 0 Å². The van der Waals surface area contributed by atoms with Gasteiger partial charge >= 0.3 is 17.9 Å². The minimum Gasteiger partial charge on any atom is -0.465 e. The molecule has 0 spiro atoms. The van der Waals surface area contributed by atoms with E-state index in [0.29, 0.717) is 0 Å². The SMILES string of the molecule is CC(=O)OC[C@H](C)[C@@H](OC(C)=O)[C@H](C)OC(C)=O. The van der Waals surface area contributed by atoms with Gasteiger partial charge in [-0.25, -0.2) is 0 Å². The summed E-state index contributed by atoms with van der Waals surface area (Å²) in [6.45, 7) is 7.31. The van der Waals surface area contributed by atoms with Gasteiger partial charge in [0.1, 0.15) is 12.2 Å². The first-order valence-electron chi connectivity index (χ1n) is 5.71. The molecule has 0 aromatic heterocycles. The third-order valence-electron chi connectivity index (χ3n) is 2.23. The predicted molar refractivity (Wildman–Crippen MR) is 62.6 cm³/mol. The molecule has 3 atom stereocenters. The van der Waals surface area contributed by atoms with E-state index < -0.39 is 30.1 Å². The van der Waals surface area contributed by atoms with Gasteiger partial charge in [0.25, 0.3) is 0 Å². The fourth-order valence-electron chi connectivity index (χ4n) is 1.54. The lowest BCUT2D eigenvalue weighted by Crippen LogP contribution is -2.39. The Bertz CT molecular complexity index is 312. The molecule has 0 fully saturated rings. The predicted octanol–water partition coefficient (Wildman–Crippen LogP) is 1.07. The third kappa shape index (κ3) is 6.88. The van der Waals surface area contributed by atoms with E-state index in [-0.39, 0.29) is 12.5 Å². The van der Waals surface area contributed by atoms with Crippen LogP contribution in [0.2, 0.25) is 0 Å². The van der Waals surface area contributed by atoms with Gasteiger partial charge in [0.05, 0.1) is 6.61 Å². The average molecular weight is 260 g/mol. The Balaban J connectivity index is 4.58. The minimum atomic E-state index is -0.647. The standard InChI is InChI=1S/C12H20O6/c1-7(6-16-9(3)13)12(18-11(5)15)8(2)17-10(4)14/h7-8,12H,6H2,1-5H3/t7-,8-,12+/m0/s1. The number of hydrogen-bond donors (Lipinski definition) is 0. The van der Waals surface area contributed by atoms with Crippen molar-refractivity contribution in [3.63, 3.8) is 0 Å². The van der Waals surface area contributed by atoms with Crippen molar-refractivity contribution < 1.29 is 28.6 Å². The van der Waals surface area contributed by atoms with Crippen LogP contribution in [0.4, 0.5) is 0 Å². The molecule has 0 aromatic rings. The molecule has 0 saturated carbocycles. The summed E-state index contributed by atoms with van der Waals surface area (Å²) in [5, 5.41) is 0. The average Bonchev–Trinajstić information content (AvgIpc) is 2.21. The number of esters is 3. The maximum absolute atomic E-state index is 11.0. The van der Waals surface area contributed by atoms with Crippen molar-refractivity contribution in [1.29, 1.82) is 0 Å². The van der Waals surface area contributed by atoms with Crippen LogP contribution in [-0.2, 0) is 28.6 Å². The van der Waals surface area contributed by atoms with Crippen LogP contribution >= 0.6 is 0 Å². The van der Waals surface area contributed by atoms with Gasteiger partial charge in [-0.15, -0.1) is 0 Å². The maximum Gasteiger partial charge on any atom is 0.303 e. The number of carbonyl (C=O) groups excluding carboxylic acids is 3. The van der Waals surface area contributed by atoms with Crippen LogP contribution in [0.15, 0.2) is 0 Å². The van der Waals surface area contributed by atoms with Gasteiger partial charge in [0, 0.05) is 26.7 Å². The first-order valence-corrected chi connectivity index (χ1v) is 5.71. The van der Waals surface area contributed by atoms with Crippen LogP contribution < -0.4 is 0 Å². The van der Waals surface area contributed by atoms with Crippen LogP contribution in [0.5, 0.6) is 0 Å². The molecule has 6 heteroatoms. The molecule has 0 rings (SSSR count). The van der Waals surface area contributed by atoms with Crippen molar-refractivity contribution in [3.05, 3.63) is 0 Å². The summed E-state index contributed by atoms with van der Waals surface area (Å²) in [5.74, 6) is -1.62.